The lowest BCUT2D eigenvalue weighted by atomic mass is 9.88. The van der Waals surface area contributed by atoms with E-state index in [0.29, 0.717) is 32.5 Å². The molecular formula is C23H28ClN3O3. The Labute approximate surface area is 183 Å². The molecule has 2 aromatic carbocycles. The zero-order valence-corrected chi connectivity index (χ0v) is 17.6. The summed E-state index contributed by atoms with van der Waals surface area (Å²) in [5, 5.41) is 0. The Morgan fingerprint density at radius 1 is 1.00 bits per heavy atom. The molecule has 160 valence electrons. The third-order valence-corrected chi connectivity index (χ3v) is 6.21. The van der Waals surface area contributed by atoms with Crippen molar-refractivity contribution in [3.63, 3.8) is 0 Å². The van der Waals surface area contributed by atoms with Crippen molar-refractivity contribution in [2.75, 3.05) is 26.2 Å². The topological polar surface area (TPSA) is 98.6 Å². The number of carbonyl (C=O) groups excluding carboxylic acids is 2. The summed E-state index contributed by atoms with van der Waals surface area (Å²) >= 11 is 0. The number of piperidine rings is 1. The molecule has 1 saturated heterocycles. The van der Waals surface area contributed by atoms with Crippen LogP contribution in [0.25, 0.3) is 11.1 Å². The molecule has 1 aliphatic heterocycles. The third-order valence-electron chi connectivity index (χ3n) is 6.21. The Balaban J connectivity index is 0.00000256. The normalized spacial score (nSPS) is 16.9. The molecular weight excluding hydrogens is 402 g/mol. The van der Waals surface area contributed by atoms with Gasteiger partial charge in [0.05, 0.1) is 12.6 Å². The van der Waals surface area contributed by atoms with Crippen molar-refractivity contribution in [1.82, 2.24) is 4.90 Å². The number of nitrogens with zero attached hydrogens (tertiary/aromatic N) is 1. The van der Waals surface area contributed by atoms with E-state index in [1.54, 1.807) is 4.90 Å². The fourth-order valence-electron chi connectivity index (χ4n) is 4.53. The molecule has 0 bridgehead atoms. The zero-order chi connectivity index (χ0) is 20.4. The Hall–Kier alpha value is -2.41. The standard InChI is InChI=1S/C23H27N3O3.ClH/c24-13-21(27)22(25)15-9-11-26(12-10-15)23(28)29-14-20-18-7-3-1-5-16(18)17-6-2-4-8-19(17)20;/h1-8,15,20,22H,9-14,24-25H2;1H. The van der Waals surface area contributed by atoms with Gasteiger partial charge >= 0.3 is 6.09 Å². The molecule has 1 aliphatic carbocycles. The maximum absolute atomic E-state index is 12.6. The highest BCUT2D eigenvalue weighted by molar-refractivity contribution is 5.86. The quantitative estimate of drug-likeness (QED) is 0.761. The molecule has 0 spiro atoms. The minimum absolute atomic E-state index is 0. The van der Waals surface area contributed by atoms with Gasteiger partial charge in [-0.05, 0) is 41.0 Å². The minimum atomic E-state index is -0.537. The predicted octanol–water partition coefficient (Wildman–Crippen LogP) is 2.92. The highest BCUT2D eigenvalue weighted by atomic mass is 35.5. The van der Waals surface area contributed by atoms with Gasteiger partial charge in [0.15, 0.2) is 5.78 Å². The van der Waals surface area contributed by atoms with Crippen molar-refractivity contribution in [2.24, 2.45) is 17.4 Å². The van der Waals surface area contributed by atoms with Crippen LogP contribution < -0.4 is 11.5 Å². The van der Waals surface area contributed by atoms with Crippen molar-refractivity contribution < 1.29 is 14.3 Å². The number of benzene rings is 2. The molecule has 4 rings (SSSR count). The number of halogens is 1. The average Bonchev–Trinajstić information content (AvgIpc) is 3.10. The lowest BCUT2D eigenvalue weighted by Crippen LogP contribution is -2.48. The van der Waals surface area contributed by atoms with Crippen molar-refractivity contribution in [3.05, 3.63) is 59.7 Å². The van der Waals surface area contributed by atoms with E-state index in [4.69, 9.17) is 16.2 Å². The first kappa shape index (κ1) is 22.3. The van der Waals surface area contributed by atoms with Crippen molar-refractivity contribution in [1.29, 1.82) is 0 Å². The number of Topliss-reactive ketones (excluding diaryl/α,β-unsaturated/α-hetero) is 1. The van der Waals surface area contributed by atoms with Gasteiger partial charge < -0.3 is 21.1 Å². The SMILES string of the molecule is Cl.NCC(=O)C(N)C1CCN(C(=O)OCC2c3ccccc3-c3ccccc32)CC1. The number of carbonyl (C=O) groups is 2. The summed E-state index contributed by atoms with van der Waals surface area (Å²) in [5.74, 6) is 0.00719. The van der Waals surface area contributed by atoms with E-state index in [2.05, 4.69) is 24.3 Å². The second-order valence-corrected chi connectivity index (χ2v) is 7.82. The fourth-order valence-corrected chi connectivity index (χ4v) is 4.53. The van der Waals surface area contributed by atoms with Crippen LogP contribution in [0.2, 0.25) is 0 Å². The van der Waals surface area contributed by atoms with Crippen LogP contribution >= 0.6 is 12.4 Å². The second kappa shape index (κ2) is 9.60. The van der Waals surface area contributed by atoms with E-state index < -0.39 is 6.04 Å². The maximum atomic E-state index is 12.6. The lowest BCUT2D eigenvalue weighted by Gasteiger charge is -2.33. The molecule has 1 amide bonds. The van der Waals surface area contributed by atoms with E-state index in [1.807, 2.05) is 24.3 Å². The Morgan fingerprint density at radius 2 is 1.53 bits per heavy atom. The number of amides is 1. The van der Waals surface area contributed by atoms with Crippen LogP contribution in [0.3, 0.4) is 0 Å². The number of nitrogens with two attached hydrogens (primary N) is 2. The number of fused-ring (bicyclic) bond motifs is 3. The summed E-state index contributed by atoms with van der Waals surface area (Å²) in [4.78, 5) is 26.1. The van der Waals surface area contributed by atoms with E-state index in [1.165, 1.54) is 22.3 Å². The number of hydrogen-bond acceptors (Lipinski definition) is 5. The van der Waals surface area contributed by atoms with E-state index in [9.17, 15) is 9.59 Å². The summed E-state index contributed by atoms with van der Waals surface area (Å²) in [6.45, 7) is 1.38. The summed E-state index contributed by atoms with van der Waals surface area (Å²) in [6, 6.07) is 16.0. The van der Waals surface area contributed by atoms with E-state index in [-0.39, 0.29) is 42.7 Å². The molecule has 1 atom stereocenters. The molecule has 1 unspecified atom stereocenters. The monoisotopic (exact) mass is 429 g/mol. The second-order valence-electron chi connectivity index (χ2n) is 7.82. The number of ketones is 1. The van der Waals surface area contributed by atoms with Gasteiger partial charge in [-0.15, -0.1) is 12.4 Å². The summed E-state index contributed by atoms with van der Waals surface area (Å²) < 4.78 is 5.71. The smallest absolute Gasteiger partial charge is 0.409 e. The van der Waals surface area contributed by atoms with Crippen molar-refractivity contribution >= 4 is 24.3 Å². The van der Waals surface area contributed by atoms with Crippen LogP contribution in [0.15, 0.2) is 48.5 Å². The van der Waals surface area contributed by atoms with Crippen molar-refractivity contribution in [3.8, 4) is 11.1 Å². The van der Waals surface area contributed by atoms with Gasteiger partial charge in [0, 0.05) is 19.0 Å². The first-order chi connectivity index (χ1) is 14.1. The molecule has 30 heavy (non-hydrogen) atoms. The molecule has 2 aromatic rings. The Bertz CT molecular complexity index is 867. The molecule has 1 fully saturated rings. The van der Waals surface area contributed by atoms with Crippen LogP contribution in [-0.2, 0) is 9.53 Å². The van der Waals surface area contributed by atoms with Gasteiger partial charge in [-0.3, -0.25) is 4.79 Å². The maximum Gasteiger partial charge on any atom is 0.409 e. The van der Waals surface area contributed by atoms with Crippen LogP contribution in [0.4, 0.5) is 4.79 Å². The van der Waals surface area contributed by atoms with Crippen LogP contribution in [-0.4, -0.2) is 49.1 Å². The first-order valence-electron chi connectivity index (χ1n) is 10.2. The number of likely N-dealkylation sites (tertiary alicyclic amines) is 1. The van der Waals surface area contributed by atoms with Gasteiger partial charge in [0.1, 0.15) is 6.61 Å². The Morgan fingerprint density at radius 3 is 2.07 bits per heavy atom. The number of hydrogen-bond donors (Lipinski definition) is 2. The molecule has 2 aliphatic rings. The predicted molar refractivity (Wildman–Crippen MR) is 119 cm³/mol. The van der Waals surface area contributed by atoms with Crippen molar-refractivity contribution in [2.45, 2.75) is 24.8 Å². The van der Waals surface area contributed by atoms with Crippen LogP contribution in [0.5, 0.6) is 0 Å². The van der Waals surface area contributed by atoms with Gasteiger partial charge in [-0.2, -0.15) is 0 Å². The van der Waals surface area contributed by atoms with Crippen LogP contribution in [0, 0.1) is 5.92 Å². The average molecular weight is 430 g/mol. The highest BCUT2D eigenvalue weighted by Crippen LogP contribution is 2.44. The van der Waals surface area contributed by atoms with Gasteiger partial charge in [-0.25, -0.2) is 4.79 Å². The summed E-state index contributed by atoms with van der Waals surface area (Å²) in [6.07, 6.45) is 1.08. The van der Waals surface area contributed by atoms with Crippen LogP contribution in [0.1, 0.15) is 29.9 Å². The summed E-state index contributed by atoms with van der Waals surface area (Å²) in [7, 11) is 0. The third kappa shape index (κ3) is 4.21. The number of ether oxygens (including phenoxy) is 1. The fraction of sp³-hybridized carbons (Fsp3) is 0.391. The molecule has 0 saturated carbocycles. The molecule has 1 heterocycles. The first-order valence-corrected chi connectivity index (χ1v) is 10.2. The minimum Gasteiger partial charge on any atom is -0.448 e. The summed E-state index contributed by atoms with van der Waals surface area (Å²) in [5.41, 5.74) is 16.2. The van der Waals surface area contributed by atoms with Gasteiger partial charge in [0.2, 0.25) is 0 Å². The van der Waals surface area contributed by atoms with E-state index >= 15 is 0 Å². The molecule has 6 nitrogen and oxygen atoms in total. The molecule has 7 heteroatoms. The highest BCUT2D eigenvalue weighted by Gasteiger charge is 2.32. The van der Waals surface area contributed by atoms with E-state index in [0.717, 1.165) is 0 Å². The Kier molecular flexibility index (Phi) is 7.13. The molecule has 0 radical (unpaired) electrons. The zero-order valence-electron chi connectivity index (χ0n) is 16.8. The number of rotatable bonds is 5. The lowest BCUT2D eigenvalue weighted by molar-refractivity contribution is -0.120. The molecule has 4 N–H and O–H groups in total. The largest absolute Gasteiger partial charge is 0.448 e. The van der Waals surface area contributed by atoms with Gasteiger partial charge in [0.25, 0.3) is 0 Å². The molecule has 0 aromatic heterocycles. The van der Waals surface area contributed by atoms with Gasteiger partial charge in [-0.1, -0.05) is 48.5 Å².